The van der Waals surface area contributed by atoms with Crippen molar-refractivity contribution in [3.8, 4) is 0 Å². The molecule has 0 unspecified atom stereocenters. The van der Waals surface area contributed by atoms with Gasteiger partial charge in [0.25, 0.3) is 12.5 Å². The predicted octanol–water partition coefficient (Wildman–Crippen LogP) is 1.43. The number of ketones is 1. The van der Waals surface area contributed by atoms with Gasteiger partial charge in [-0.2, -0.15) is 0 Å². The molecule has 7 heteroatoms. The maximum absolute atomic E-state index is 11.3. The molecule has 1 rings (SSSR count). The molecule has 0 aliphatic heterocycles. The first-order chi connectivity index (χ1) is 8.52. The molecule has 6 nitrogen and oxygen atoms in total. The topological polar surface area (TPSA) is 89.3 Å². The number of rotatable bonds is 5. The van der Waals surface area contributed by atoms with Crippen LogP contribution in [0.1, 0.15) is 15.9 Å². The van der Waals surface area contributed by atoms with E-state index in [1.807, 2.05) is 4.84 Å². The Morgan fingerprint density at radius 2 is 1.94 bits per heavy atom. The second kappa shape index (κ2) is 6.51. The lowest BCUT2D eigenvalue weighted by molar-refractivity contribution is -0.465. The van der Waals surface area contributed by atoms with Crippen LogP contribution in [0.3, 0.4) is 0 Å². The zero-order valence-electron chi connectivity index (χ0n) is 9.13. The molecule has 0 aliphatic rings. The van der Waals surface area contributed by atoms with Crippen molar-refractivity contribution in [2.75, 3.05) is 6.54 Å². The monoisotopic (exact) mass is 268 g/mol. The van der Waals surface area contributed by atoms with Crippen LogP contribution in [-0.2, 0) is 4.79 Å². The molecular formula is C11H9ClN2O4. The number of nitrogens with zero attached hydrogens (tertiary/aromatic N) is 1. The van der Waals surface area contributed by atoms with Gasteiger partial charge in [0.2, 0.25) is 5.78 Å². The van der Waals surface area contributed by atoms with Crippen molar-refractivity contribution < 1.29 is 14.5 Å². The van der Waals surface area contributed by atoms with Crippen molar-refractivity contribution in [1.82, 2.24) is 4.84 Å². The molecule has 0 atom stereocenters. The Kier molecular flexibility index (Phi) is 5.01. The van der Waals surface area contributed by atoms with E-state index in [2.05, 4.69) is 0 Å². The standard InChI is InChI=1S/C11H9ClN2O4/c12-13-11(16)6-3-8-1-4-9(5-2-8)10(15)7-14(17)18/h1-6H,7H2,(H,13,16). The summed E-state index contributed by atoms with van der Waals surface area (Å²) in [4.78, 5) is 33.6. The molecule has 0 spiro atoms. The van der Waals surface area contributed by atoms with Gasteiger partial charge in [-0.15, -0.1) is 0 Å². The molecule has 0 saturated heterocycles. The minimum absolute atomic E-state index is 0.255. The number of nitrogens with one attached hydrogen (secondary N) is 1. The van der Waals surface area contributed by atoms with Gasteiger partial charge in [-0.05, 0) is 11.6 Å². The SMILES string of the molecule is O=C(C=Cc1ccc(C(=O)C[N+](=O)[O-])cc1)NCl. The molecule has 18 heavy (non-hydrogen) atoms. The van der Waals surface area contributed by atoms with Gasteiger partial charge >= 0.3 is 0 Å². The van der Waals surface area contributed by atoms with Crippen molar-refractivity contribution in [2.45, 2.75) is 0 Å². The molecule has 0 aromatic heterocycles. The fourth-order valence-corrected chi connectivity index (χ4v) is 1.26. The summed E-state index contributed by atoms with van der Waals surface area (Å²) in [5.74, 6) is -1.03. The minimum Gasteiger partial charge on any atom is -0.287 e. The zero-order chi connectivity index (χ0) is 13.5. The van der Waals surface area contributed by atoms with Crippen molar-refractivity contribution in [3.05, 3.63) is 51.6 Å². The van der Waals surface area contributed by atoms with E-state index in [9.17, 15) is 19.7 Å². The molecule has 0 saturated carbocycles. The summed E-state index contributed by atoms with van der Waals surface area (Å²) in [6.45, 7) is -0.732. The largest absolute Gasteiger partial charge is 0.287 e. The third-order valence-electron chi connectivity index (χ3n) is 2.03. The normalized spacial score (nSPS) is 10.3. The van der Waals surface area contributed by atoms with Gasteiger partial charge in [-0.25, -0.2) is 0 Å². The summed E-state index contributed by atoms with van der Waals surface area (Å²) in [7, 11) is 0. The lowest BCUT2D eigenvalue weighted by atomic mass is 10.1. The molecule has 1 N–H and O–H groups in total. The van der Waals surface area contributed by atoms with Crippen LogP contribution in [0, 0.1) is 10.1 Å². The van der Waals surface area contributed by atoms with Gasteiger partial charge in [0.05, 0.1) is 0 Å². The number of halogens is 1. The molecule has 1 aromatic rings. The van der Waals surface area contributed by atoms with Crippen LogP contribution in [0.2, 0.25) is 0 Å². The van der Waals surface area contributed by atoms with Crippen LogP contribution < -0.4 is 4.84 Å². The first-order valence-corrected chi connectivity index (χ1v) is 5.24. The molecule has 1 amide bonds. The number of benzene rings is 1. The van der Waals surface area contributed by atoms with Gasteiger partial charge in [0, 0.05) is 28.3 Å². The van der Waals surface area contributed by atoms with Gasteiger partial charge in [-0.3, -0.25) is 24.5 Å². The lowest BCUT2D eigenvalue weighted by Crippen LogP contribution is -2.13. The number of nitro groups is 1. The Balaban J connectivity index is 2.74. The Labute approximate surface area is 108 Å². The maximum atomic E-state index is 11.3. The summed E-state index contributed by atoms with van der Waals surface area (Å²) >= 11 is 5.07. The fraction of sp³-hybridized carbons (Fsp3) is 0.0909. The molecule has 0 aliphatic carbocycles. The Morgan fingerprint density at radius 3 is 2.44 bits per heavy atom. The van der Waals surface area contributed by atoms with E-state index < -0.39 is 23.2 Å². The molecule has 0 heterocycles. The molecular weight excluding hydrogens is 260 g/mol. The Hall–Kier alpha value is -2.21. The zero-order valence-corrected chi connectivity index (χ0v) is 9.89. The van der Waals surface area contributed by atoms with Gasteiger partial charge in [-0.1, -0.05) is 24.3 Å². The Morgan fingerprint density at radius 1 is 1.33 bits per heavy atom. The van der Waals surface area contributed by atoms with Crippen molar-refractivity contribution in [1.29, 1.82) is 0 Å². The van der Waals surface area contributed by atoms with Crippen LogP contribution in [0.4, 0.5) is 0 Å². The highest BCUT2D eigenvalue weighted by Gasteiger charge is 2.11. The van der Waals surface area contributed by atoms with E-state index in [4.69, 9.17) is 11.8 Å². The highest BCUT2D eigenvalue weighted by Crippen LogP contribution is 2.07. The van der Waals surface area contributed by atoms with Crippen LogP contribution in [0.15, 0.2) is 30.3 Å². The predicted molar refractivity (Wildman–Crippen MR) is 65.7 cm³/mol. The third kappa shape index (κ3) is 4.34. The van der Waals surface area contributed by atoms with Crippen molar-refractivity contribution >= 4 is 29.5 Å². The maximum Gasteiger partial charge on any atom is 0.265 e. The third-order valence-corrected chi connectivity index (χ3v) is 2.21. The van der Waals surface area contributed by atoms with E-state index in [-0.39, 0.29) is 5.56 Å². The lowest BCUT2D eigenvalue weighted by Gasteiger charge is -1.97. The smallest absolute Gasteiger partial charge is 0.265 e. The average Bonchev–Trinajstić information content (AvgIpc) is 2.35. The minimum atomic E-state index is -0.732. The summed E-state index contributed by atoms with van der Waals surface area (Å²) in [6, 6.07) is 6.07. The molecule has 1 aromatic carbocycles. The second-order valence-corrected chi connectivity index (χ2v) is 3.52. The average molecular weight is 269 g/mol. The van der Waals surface area contributed by atoms with E-state index in [0.29, 0.717) is 5.56 Å². The highest BCUT2D eigenvalue weighted by molar-refractivity contribution is 6.23. The van der Waals surface area contributed by atoms with Gasteiger partial charge in [0.1, 0.15) is 0 Å². The number of hydrogen-bond donors (Lipinski definition) is 1. The van der Waals surface area contributed by atoms with Gasteiger partial charge in [0.15, 0.2) is 0 Å². The fourth-order valence-electron chi connectivity index (χ4n) is 1.19. The number of carbonyl (C=O) groups is 2. The first kappa shape index (κ1) is 13.9. The summed E-state index contributed by atoms with van der Waals surface area (Å²) in [5, 5.41) is 10.2. The highest BCUT2D eigenvalue weighted by atomic mass is 35.5. The van der Waals surface area contributed by atoms with E-state index in [1.165, 1.54) is 24.3 Å². The number of Topliss-reactive ketones (excluding diaryl/α,β-unsaturated/α-hetero) is 1. The first-order valence-electron chi connectivity index (χ1n) is 4.86. The molecule has 0 fully saturated rings. The molecule has 0 radical (unpaired) electrons. The summed E-state index contributed by atoms with van der Waals surface area (Å²) in [5.41, 5.74) is 0.929. The van der Waals surface area contributed by atoms with E-state index in [1.54, 1.807) is 12.1 Å². The quantitative estimate of drug-likeness (QED) is 0.288. The van der Waals surface area contributed by atoms with Crippen LogP contribution >= 0.6 is 11.8 Å². The Bertz CT molecular complexity index is 496. The number of amides is 1. The second-order valence-electron chi connectivity index (χ2n) is 3.33. The summed E-state index contributed by atoms with van der Waals surface area (Å²) < 4.78 is 0. The van der Waals surface area contributed by atoms with Crippen LogP contribution in [0.5, 0.6) is 0 Å². The molecule has 0 bridgehead atoms. The van der Waals surface area contributed by atoms with E-state index in [0.717, 1.165) is 0 Å². The van der Waals surface area contributed by atoms with Crippen molar-refractivity contribution in [3.63, 3.8) is 0 Å². The molecule has 94 valence electrons. The van der Waals surface area contributed by atoms with E-state index >= 15 is 0 Å². The van der Waals surface area contributed by atoms with Gasteiger partial charge < -0.3 is 0 Å². The van der Waals surface area contributed by atoms with Crippen LogP contribution in [-0.4, -0.2) is 23.2 Å². The number of hydrogen-bond acceptors (Lipinski definition) is 4. The summed E-state index contributed by atoms with van der Waals surface area (Å²) in [6.07, 6.45) is 2.72. The number of carbonyl (C=O) groups excluding carboxylic acids is 2. The van der Waals surface area contributed by atoms with Crippen molar-refractivity contribution in [2.24, 2.45) is 0 Å². The van der Waals surface area contributed by atoms with Crippen LogP contribution in [0.25, 0.3) is 6.08 Å².